The van der Waals surface area contributed by atoms with Crippen LogP contribution < -0.4 is 0 Å². The van der Waals surface area contributed by atoms with Crippen LogP contribution in [-0.2, 0) is 9.53 Å². The number of hydrogen-bond acceptors (Lipinski definition) is 3. The van der Waals surface area contributed by atoms with Gasteiger partial charge in [-0.1, -0.05) is 11.6 Å². The van der Waals surface area contributed by atoms with Gasteiger partial charge in [-0.05, 0) is 37.1 Å². The standard InChI is InChI=1S/C17H21ClN2O3/c1-13(21)19-8-6-17(7-9-19)12-20(10-11-23-17)16(22)14-2-4-15(18)5-3-14/h2-5H,6-12H2,1H3. The highest BCUT2D eigenvalue weighted by Crippen LogP contribution is 2.30. The summed E-state index contributed by atoms with van der Waals surface area (Å²) in [6.07, 6.45) is 1.55. The van der Waals surface area contributed by atoms with Crippen molar-refractivity contribution in [3.05, 3.63) is 34.9 Å². The van der Waals surface area contributed by atoms with E-state index >= 15 is 0 Å². The van der Waals surface area contributed by atoms with Gasteiger partial charge in [0.1, 0.15) is 0 Å². The van der Waals surface area contributed by atoms with Crippen LogP contribution >= 0.6 is 11.6 Å². The van der Waals surface area contributed by atoms with Crippen molar-refractivity contribution < 1.29 is 14.3 Å². The summed E-state index contributed by atoms with van der Waals surface area (Å²) in [6.45, 7) is 4.70. The number of nitrogens with zero attached hydrogens (tertiary/aromatic N) is 2. The zero-order valence-corrected chi connectivity index (χ0v) is 14.0. The molecule has 1 aromatic rings. The van der Waals surface area contributed by atoms with E-state index in [1.165, 1.54) is 0 Å². The Balaban J connectivity index is 1.67. The third-order valence-corrected chi connectivity index (χ3v) is 5.00. The average Bonchev–Trinajstić information content (AvgIpc) is 2.55. The molecule has 3 rings (SSSR count). The first-order valence-corrected chi connectivity index (χ1v) is 8.31. The van der Waals surface area contributed by atoms with Crippen molar-refractivity contribution in [3.8, 4) is 0 Å². The maximum Gasteiger partial charge on any atom is 0.254 e. The van der Waals surface area contributed by atoms with Crippen LogP contribution in [0.3, 0.4) is 0 Å². The number of rotatable bonds is 1. The number of hydrogen-bond donors (Lipinski definition) is 0. The molecule has 2 amide bonds. The minimum absolute atomic E-state index is 0.0124. The number of morpholine rings is 1. The molecule has 0 aromatic heterocycles. The van der Waals surface area contributed by atoms with E-state index in [-0.39, 0.29) is 17.4 Å². The van der Waals surface area contributed by atoms with Gasteiger partial charge in [-0.3, -0.25) is 9.59 Å². The van der Waals surface area contributed by atoms with Gasteiger partial charge in [0.25, 0.3) is 5.91 Å². The maximum atomic E-state index is 12.7. The van der Waals surface area contributed by atoms with Crippen LogP contribution in [0.5, 0.6) is 0 Å². The largest absolute Gasteiger partial charge is 0.371 e. The molecule has 2 aliphatic rings. The monoisotopic (exact) mass is 336 g/mol. The quantitative estimate of drug-likeness (QED) is 0.790. The van der Waals surface area contributed by atoms with E-state index in [0.29, 0.717) is 43.4 Å². The fraction of sp³-hybridized carbons (Fsp3) is 0.529. The van der Waals surface area contributed by atoms with Gasteiger partial charge < -0.3 is 14.5 Å². The Labute approximate surface area is 141 Å². The van der Waals surface area contributed by atoms with Crippen molar-refractivity contribution in [1.82, 2.24) is 9.80 Å². The van der Waals surface area contributed by atoms with Crippen LogP contribution in [-0.4, -0.2) is 60.0 Å². The van der Waals surface area contributed by atoms with Crippen molar-refractivity contribution >= 4 is 23.4 Å². The molecule has 2 heterocycles. The summed E-state index contributed by atoms with van der Waals surface area (Å²) >= 11 is 5.88. The Hall–Kier alpha value is -1.59. The van der Waals surface area contributed by atoms with Crippen LogP contribution in [0.1, 0.15) is 30.1 Å². The summed E-state index contributed by atoms with van der Waals surface area (Å²) < 4.78 is 6.02. The van der Waals surface area contributed by atoms with Gasteiger partial charge in [-0.25, -0.2) is 0 Å². The number of carbonyl (C=O) groups is 2. The molecule has 1 aromatic carbocycles. The Morgan fingerprint density at radius 3 is 2.35 bits per heavy atom. The lowest BCUT2D eigenvalue weighted by molar-refractivity contribution is -0.145. The van der Waals surface area contributed by atoms with E-state index < -0.39 is 0 Å². The van der Waals surface area contributed by atoms with E-state index in [2.05, 4.69) is 0 Å². The Morgan fingerprint density at radius 1 is 1.09 bits per heavy atom. The number of ether oxygens (including phenoxy) is 1. The number of piperidine rings is 1. The van der Waals surface area contributed by atoms with Gasteiger partial charge in [0.15, 0.2) is 0 Å². The first-order chi connectivity index (χ1) is 11.0. The molecule has 1 spiro atoms. The highest BCUT2D eigenvalue weighted by Gasteiger charge is 2.41. The first-order valence-electron chi connectivity index (χ1n) is 7.93. The second-order valence-electron chi connectivity index (χ2n) is 6.27. The van der Waals surface area contributed by atoms with Crippen LogP contribution in [0.25, 0.3) is 0 Å². The molecule has 0 N–H and O–H groups in total. The highest BCUT2D eigenvalue weighted by molar-refractivity contribution is 6.30. The van der Waals surface area contributed by atoms with E-state index in [0.717, 1.165) is 12.8 Å². The van der Waals surface area contributed by atoms with E-state index in [1.54, 1.807) is 31.2 Å². The lowest BCUT2D eigenvalue weighted by atomic mass is 9.89. The molecular formula is C17H21ClN2O3. The molecule has 5 nitrogen and oxygen atoms in total. The third kappa shape index (κ3) is 3.51. The summed E-state index contributed by atoms with van der Waals surface area (Å²) in [6, 6.07) is 6.98. The van der Waals surface area contributed by atoms with Crippen LogP contribution in [0.15, 0.2) is 24.3 Å². The zero-order valence-electron chi connectivity index (χ0n) is 13.3. The summed E-state index contributed by atoms with van der Waals surface area (Å²) in [7, 11) is 0. The molecule has 0 atom stereocenters. The lowest BCUT2D eigenvalue weighted by Gasteiger charge is -2.47. The predicted octanol–water partition coefficient (Wildman–Crippen LogP) is 2.19. The highest BCUT2D eigenvalue weighted by atomic mass is 35.5. The number of carbonyl (C=O) groups excluding carboxylic acids is 2. The van der Waals surface area contributed by atoms with Crippen molar-refractivity contribution in [1.29, 1.82) is 0 Å². The maximum absolute atomic E-state index is 12.7. The number of halogens is 1. The van der Waals surface area contributed by atoms with Crippen molar-refractivity contribution in [2.45, 2.75) is 25.4 Å². The molecule has 2 aliphatic heterocycles. The van der Waals surface area contributed by atoms with Crippen molar-refractivity contribution in [3.63, 3.8) is 0 Å². The van der Waals surface area contributed by atoms with Crippen LogP contribution in [0, 0.1) is 0 Å². The Kier molecular flexibility index (Phi) is 4.60. The molecule has 0 aliphatic carbocycles. The molecule has 124 valence electrons. The number of likely N-dealkylation sites (tertiary alicyclic amines) is 1. The molecule has 2 fully saturated rings. The molecule has 2 saturated heterocycles. The zero-order chi connectivity index (χ0) is 16.4. The number of amides is 2. The van der Waals surface area contributed by atoms with E-state index in [4.69, 9.17) is 16.3 Å². The second-order valence-corrected chi connectivity index (χ2v) is 6.71. The summed E-state index contributed by atoms with van der Waals surface area (Å²) in [4.78, 5) is 27.8. The topological polar surface area (TPSA) is 49.9 Å². The fourth-order valence-electron chi connectivity index (χ4n) is 3.32. The SMILES string of the molecule is CC(=O)N1CCC2(CC1)CN(C(=O)c1ccc(Cl)cc1)CCO2. The van der Waals surface area contributed by atoms with Crippen LogP contribution in [0.4, 0.5) is 0 Å². The van der Waals surface area contributed by atoms with Crippen LogP contribution in [0.2, 0.25) is 5.02 Å². The molecule has 23 heavy (non-hydrogen) atoms. The minimum Gasteiger partial charge on any atom is -0.371 e. The lowest BCUT2D eigenvalue weighted by Crippen LogP contribution is -2.58. The summed E-state index contributed by atoms with van der Waals surface area (Å²) in [5.41, 5.74) is 0.333. The van der Waals surface area contributed by atoms with Gasteiger partial charge >= 0.3 is 0 Å². The minimum atomic E-state index is -0.313. The van der Waals surface area contributed by atoms with E-state index in [1.807, 2.05) is 9.80 Å². The predicted molar refractivity (Wildman–Crippen MR) is 87.5 cm³/mol. The van der Waals surface area contributed by atoms with Gasteiger partial charge in [0.05, 0.1) is 18.8 Å². The fourth-order valence-corrected chi connectivity index (χ4v) is 3.45. The smallest absolute Gasteiger partial charge is 0.254 e. The van der Waals surface area contributed by atoms with Crippen molar-refractivity contribution in [2.24, 2.45) is 0 Å². The molecule has 0 unspecified atom stereocenters. The summed E-state index contributed by atoms with van der Waals surface area (Å²) in [5, 5.41) is 0.622. The Morgan fingerprint density at radius 2 is 1.74 bits per heavy atom. The van der Waals surface area contributed by atoms with Gasteiger partial charge in [-0.2, -0.15) is 0 Å². The number of benzene rings is 1. The summed E-state index contributed by atoms with van der Waals surface area (Å²) in [5.74, 6) is 0.114. The molecule has 0 radical (unpaired) electrons. The second kappa shape index (κ2) is 6.49. The van der Waals surface area contributed by atoms with Gasteiger partial charge in [0, 0.05) is 37.1 Å². The molecule has 6 heteroatoms. The molecule has 0 saturated carbocycles. The van der Waals surface area contributed by atoms with E-state index in [9.17, 15) is 9.59 Å². The normalized spacial score (nSPS) is 20.6. The third-order valence-electron chi connectivity index (χ3n) is 4.75. The average molecular weight is 337 g/mol. The Bertz CT molecular complexity index is 594. The van der Waals surface area contributed by atoms with Gasteiger partial charge in [0.2, 0.25) is 5.91 Å². The molecule has 0 bridgehead atoms. The first kappa shape index (κ1) is 16.3. The molecular weight excluding hydrogens is 316 g/mol. The van der Waals surface area contributed by atoms with Crippen molar-refractivity contribution in [2.75, 3.05) is 32.8 Å². The van der Waals surface area contributed by atoms with Gasteiger partial charge in [-0.15, -0.1) is 0 Å².